The molecule has 0 unspecified atom stereocenters. The van der Waals surface area contributed by atoms with Gasteiger partial charge in [0.2, 0.25) is 0 Å². The predicted molar refractivity (Wildman–Crippen MR) is 74.6 cm³/mol. The summed E-state index contributed by atoms with van der Waals surface area (Å²) in [6.45, 7) is 8.18. The van der Waals surface area contributed by atoms with E-state index < -0.39 is 0 Å². The third kappa shape index (κ3) is 2.03. The fraction of sp³-hybridized carbons (Fsp3) is 0.533. The Hall–Kier alpha value is -1.13. The Morgan fingerprint density at radius 3 is 2.21 bits per heavy atom. The summed E-state index contributed by atoms with van der Waals surface area (Å²) in [7, 11) is -0.342. The molecule has 0 spiro atoms. The highest BCUT2D eigenvalue weighted by molar-refractivity contribution is 6.62. The molecule has 1 fully saturated rings. The maximum atomic E-state index is 11.5. The zero-order valence-electron chi connectivity index (χ0n) is 11.9. The fourth-order valence-electron chi connectivity index (χ4n) is 2.60. The first kappa shape index (κ1) is 12.9. The SMILES string of the molecule is CC1(C)OB(c2ccc3c(c2)CC(=O)C3)OC1(C)C. The Morgan fingerprint density at radius 1 is 1.00 bits per heavy atom. The molecule has 3 rings (SSSR count). The van der Waals surface area contributed by atoms with E-state index in [1.807, 2.05) is 39.8 Å². The van der Waals surface area contributed by atoms with Crippen molar-refractivity contribution in [1.29, 1.82) is 0 Å². The van der Waals surface area contributed by atoms with E-state index in [-0.39, 0.29) is 18.3 Å². The standard InChI is InChI=1S/C15H19BO3/c1-14(2)15(3,4)19-16(18-14)12-6-5-10-8-13(17)9-11(10)7-12/h5-7H,8-9H2,1-4H3. The van der Waals surface area contributed by atoms with Crippen LogP contribution in [0.2, 0.25) is 0 Å². The minimum atomic E-state index is -0.342. The lowest BCUT2D eigenvalue weighted by Crippen LogP contribution is -2.41. The number of carbonyl (C=O) groups is 1. The lowest BCUT2D eigenvalue weighted by molar-refractivity contribution is -0.117. The summed E-state index contributed by atoms with van der Waals surface area (Å²) >= 11 is 0. The molecule has 100 valence electrons. The fourth-order valence-corrected chi connectivity index (χ4v) is 2.60. The largest absolute Gasteiger partial charge is 0.494 e. The number of hydrogen-bond acceptors (Lipinski definition) is 3. The first-order valence-electron chi connectivity index (χ1n) is 6.77. The van der Waals surface area contributed by atoms with Crippen molar-refractivity contribution in [3.05, 3.63) is 29.3 Å². The van der Waals surface area contributed by atoms with Crippen LogP contribution in [-0.4, -0.2) is 24.1 Å². The first-order chi connectivity index (χ1) is 8.78. The molecule has 4 heteroatoms. The number of Topliss-reactive ketones (excluding diaryl/α,β-unsaturated/α-hetero) is 1. The number of ketones is 1. The van der Waals surface area contributed by atoms with Gasteiger partial charge < -0.3 is 9.31 Å². The molecule has 0 N–H and O–H groups in total. The highest BCUT2D eigenvalue weighted by atomic mass is 16.7. The number of rotatable bonds is 1. The third-order valence-corrected chi connectivity index (χ3v) is 4.53. The van der Waals surface area contributed by atoms with Gasteiger partial charge in [0.25, 0.3) is 0 Å². The Balaban J connectivity index is 1.90. The first-order valence-corrected chi connectivity index (χ1v) is 6.77. The Morgan fingerprint density at radius 2 is 1.58 bits per heavy atom. The number of benzene rings is 1. The number of carbonyl (C=O) groups excluding carboxylic acids is 1. The molecule has 1 saturated heterocycles. The van der Waals surface area contributed by atoms with Crippen LogP contribution in [0.1, 0.15) is 38.8 Å². The van der Waals surface area contributed by atoms with Crippen LogP contribution in [0.4, 0.5) is 0 Å². The van der Waals surface area contributed by atoms with Crippen LogP contribution in [0.15, 0.2) is 18.2 Å². The van der Waals surface area contributed by atoms with Crippen LogP contribution in [-0.2, 0) is 26.9 Å². The van der Waals surface area contributed by atoms with Crippen molar-refractivity contribution < 1.29 is 14.1 Å². The Bertz CT molecular complexity index is 532. The van der Waals surface area contributed by atoms with E-state index >= 15 is 0 Å². The molecule has 0 radical (unpaired) electrons. The molecule has 0 saturated carbocycles. The van der Waals surface area contributed by atoms with Gasteiger partial charge in [-0.15, -0.1) is 0 Å². The third-order valence-electron chi connectivity index (χ3n) is 4.53. The van der Waals surface area contributed by atoms with Gasteiger partial charge in [-0.05, 0) is 44.3 Å². The lowest BCUT2D eigenvalue weighted by atomic mass is 9.78. The maximum absolute atomic E-state index is 11.5. The van der Waals surface area contributed by atoms with Crippen LogP contribution >= 0.6 is 0 Å². The Kier molecular flexibility index (Phi) is 2.67. The van der Waals surface area contributed by atoms with Gasteiger partial charge in [-0.2, -0.15) is 0 Å². The summed E-state index contributed by atoms with van der Waals surface area (Å²) in [6, 6.07) is 6.10. The second-order valence-corrected chi connectivity index (χ2v) is 6.51. The summed E-state index contributed by atoms with van der Waals surface area (Å²) in [4.78, 5) is 11.5. The average molecular weight is 258 g/mol. The van der Waals surface area contributed by atoms with Crippen LogP contribution < -0.4 is 5.46 Å². The van der Waals surface area contributed by atoms with Crippen molar-refractivity contribution in [2.75, 3.05) is 0 Å². The van der Waals surface area contributed by atoms with Crippen LogP contribution in [0.25, 0.3) is 0 Å². The molecule has 0 atom stereocenters. The molecule has 1 heterocycles. The molecule has 0 aromatic heterocycles. The molecule has 0 bridgehead atoms. The second-order valence-electron chi connectivity index (χ2n) is 6.51. The molecule has 19 heavy (non-hydrogen) atoms. The summed E-state index contributed by atoms with van der Waals surface area (Å²) in [5, 5.41) is 0. The van der Waals surface area contributed by atoms with Gasteiger partial charge in [0.1, 0.15) is 5.78 Å². The molecule has 3 nitrogen and oxygen atoms in total. The van der Waals surface area contributed by atoms with Crippen molar-refractivity contribution in [3.63, 3.8) is 0 Å². The van der Waals surface area contributed by atoms with Gasteiger partial charge >= 0.3 is 7.12 Å². The van der Waals surface area contributed by atoms with Gasteiger partial charge in [-0.1, -0.05) is 18.2 Å². The molecule has 1 aromatic rings. The van der Waals surface area contributed by atoms with Gasteiger partial charge in [0.15, 0.2) is 0 Å². The normalized spacial score (nSPS) is 23.8. The van der Waals surface area contributed by atoms with Crippen molar-refractivity contribution in [2.45, 2.75) is 51.7 Å². The van der Waals surface area contributed by atoms with Crippen molar-refractivity contribution >= 4 is 18.4 Å². The molecular formula is C15H19BO3. The zero-order chi connectivity index (χ0) is 13.8. The average Bonchev–Trinajstić information content (AvgIpc) is 2.74. The second kappa shape index (κ2) is 3.93. The zero-order valence-corrected chi connectivity index (χ0v) is 11.9. The number of fused-ring (bicyclic) bond motifs is 1. The van der Waals surface area contributed by atoms with E-state index in [4.69, 9.17) is 9.31 Å². The minimum Gasteiger partial charge on any atom is -0.399 e. The van der Waals surface area contributed by atoms with E-state index in [0.717, 1.165) is 16.6 Å². The van der Waals surface area contributed by atoms with E-state index in [9.17, 15) is 4.79 Å². The molecule has 1 aliphatic heterocycles. The van der Waals surface area contributed by atoms with Crippen molar-refractivity contribution in [1.82, 2.24) is 0 Å². The maximum Gasteiger partial charge on any atom is 0.494 e. The van der Waals surface area contributed by atoms with Crippen molar-refractivity contribution in [2.24, 2.45) is 0 Å². The summed E-state index contributed by atoms with van der Waals surface area (Å²) in [5.74, 6) is 0.293. The molecule has 1 aliphatic carbocycles. The highest BCUT2D eigenvalue weighted by Gasteiger charge is 2.51. The van der Waals surface area contributed by atoms with Crippen LogP contribution in [0, 0.1) is 0 Å². The molecular weight excluding hydrogens is 239 g/mol. The highest BCUT2D eigenvalue weighted by Crippen LogP contribution is 2.36. The van der Waals surface area contributed by atoms with Crippen molar-refractivity contribution in [3.8, 4) is 0 Å². The van der Waals surface area contributed by atoms with Gasteiger partial charge in [-0.3, -0.25) is 4.79 Å². The van der Waals surface area contributed by atoms with E-state index in [0.29, 0.717) is 18.6 Å². The number of hydrogen-bond donors (Lipinski definition) is 0. The minimum absolute atomic E-state index is 0.293. The van der Waals surface area contributed by atoms with Crippen LogP contribution in [0.3, 0.4) is 0 Å². The summed E-state index contributed by atoms with van der Waals surface area (Å²) < 4.78 is 12.1. The summed E-state index contributed by atoms with van der Waals surface area (Å²) in [6.07, 6.45) is 1.11. The van der Waals surface area contributed by atoms with Gasteiger partial charge in [-0.25, -0.2) is 0 Å². The van der Waals surface area contributed by atoms with E-state index in [1.54, 1.807) is 0 Å². The lowest BCUT2D eigenvalue weighted by Gasteiger charge is -2.32. The van der Waals surface area contributed by atoms with E-state index in [1.165, 1.54) is 0 Å². The molecule has 1 aromatic carbocycles. The quantitative estimate of drug-likeness (QED) is 0.718. The predicted octanol–water partition coefficient (Wildman–Crippen LogP) is 1.65. The smallest absolute Gasteiger partial charge is 0.399 e. The Labute approximate surface area is 114 Å². The van der Waals surface area contributed by atoms with Gasteiger partial charge in [0.05, 0.1) is 11.2 Å². The summed E-state index contributed by atoms with van der Waals surface area (Å²) in [5.41, 5.74) is 2.62. The monoisotopic (exact) mass is 258 g/mol. The van der Waals surface area contributed by atoms with E-state index in [2.05, 4.69) is 6.07 Å². The molecule has 0 amide bonds. The topological polar surface area (TPSA) is 35.5 Å². The van der Waals surface area contributed by atoms with Crippen LogP contribution in [0.5, 0.6) is 0 Å². The van der Waals surface area contributed by atoms with Gasteiger partial charge in [0, 0.05) is 12.8 Å². The molecule has 2 aliphatic rings.